The highest BCUT2D eigenvalue weighted by Gasteiger charge is 2.54. The second kappa shape index (κ2) is 3.33. The predicted octanol–water partition coefficient (Wildman–Crippen LogP) is 2.88. The molecule has 1 aromatic rings. The van der Waals surface area contributed by atoms with Gasteiger partial charge in [-0.05, 0) is 46.8 Å². The molecule has 1 aromatic carbocycles. The smallest absolute Gasteiger partial charge is 0.0650 e. The summed E-state index contributed by atoms with van der Waals surface area (Å²) in [5.74, 6) is 2.77. The molecule has 2 bridgehead atoms. The van der Waals surface area contributed by atoms with Crippen molar-refractivity contribution < 1.29 is 5.11 Å². The van der Waals surface area contributed by atoms with Gasteiger partial charge >= 0.3 is 0 Å². The van der Waals surface area contributed by atoms with E-state index < -0.39 is 0 Å². The zero-order valence-electron chi connectivity index (χ0n) is 9.71. The van der Waals surface area contributed by atoms with E-state index in [0.717, 1.165) is 5.92 Å². The number of fused-ring (bicyclic) bond motifs is 5. The van der Waals surface area contributed by atoms with Crippen LogP contribution < -0.4 is 0 Å². The molecule has 0 heterocycles. The van der Waals surface area contributed by atoms with E-state index >= 15 is 0 Å². The molecule has 4 atom stereocenters. The standard InChI is InChI=1S/C16H16O/c17-9-13-14(10-4-2-1-3-5-10)16-12-7-6-11(8-12)15(13)16/h1-7,11-12,15-17H,8-9H2/t11-,12+,15-,16+/m0/s1. The average Bonchev–Trinajstić information content (AvgIpc) is 2.89. The summed E-state index contributed by atoms with van der Waals surface area (Å²) >= 11 is 0. The lowest BCUT2D eigenvalue weighted by Crippen LogP contribution is -2.34. The Bertz CT molecular complexity index is 512. The molecular formula is C16H16O. The maximum absolute atomic E-state index is 9.61. The Balaban J connectivity index is 1.80. The van der Waals surface area contributed by atoms with Gasteiger partial charge in [-0.15, -0.1) is 0 Å². The Morgan fingerprint density at radius 1 is 1.00 bits per heavy atom. The molecule has 0 saturated heterocycles. The van der Waals surface area contributed by atoms with E-state index in [0.29, 0.717) is 17.8 Å². The van der Waals surface area contributed by atoms with Crippen molar-refractivity contribution in [2.24, 2.45) is 23.7 Å². The van der Waals surface area contributed by atoms with E-state index in [1.807, 2.05) is 0 Å². The van der Waals surface area contributed by atoms with E-state index in [1.165, 1.54) is 23.1 Å². The molecular weight excluding hydrogens is 208 g/mol. The Morgan fingerprint density at radius 3 is 2.41 bits per heavy atom. The molecule has 86 valence electrons. The second-order valence-electron chi connectivity index (χ2n) is 5.46. The van der Waals surface area contributed by atoms with Crippen LogP contribution in [-0.4, -0.2) is 11.7 Å². The first-order valence-electron chi connectivity index (χ1n) is 6.47. The molecule has 0 spiro atoms. The van der Waals surface area contributed by atoms with Crippen LogP contribution in [0, 0.1) is 23.7 Å². The van der Waals surface area contributed by atoms with Crippen LogP contribution in [-0.2, 0) is 0 Å². The summed E-state index contributed by atoms with van der Waals surface area (Å²) in [7, 11) is 0. The zero-order chi connectivity index (χ0) is 11.4. The molecule has 1 saturated carbocycles. The molecule has 1 N–H and O–H groups in total. The molecule has 0 unspecified atom stereocenters. The third-order valence-electron chi connectivity index (χ3n) is 4.80. The molecule has 1 fully saturated rings. The summed E-state index contributed by atoms with van der Waals surface area (Å²) in [6, 6.07) is 10.6. The van der Waals surface area contributed by atoms with Gasteiger partial charge in [-0.3, -0.25) is 0 Å². The highest BCUT2D eigenvalue weighted by atomic mass is 16.3. The van der Waals surface area contributed by atoms with Crippen molar-refractivity contribution in [1.29, 1.82) is 0 Å². The Labute approximate surface area is 101 Å². The van der Waals surface area contributed by atoms with Gasteiger partial charge in [0.1, 0.15) is 0 Å². The molecule has 3 aliphatic carbocycles. The summed E-state index contributed by atoms with van der Waals surface area (Å²) < 4.78 is 0. The van der Waals surface area contributed by atoms with Crippen molar-refractivity contribution in [3.8, 4) is 0 Å². The zero-order valence-corrected chi connectivity index (χ0v) is 9.71. The molecule has 1 heteroatoms. The van der Waals surface area contributed by atoms with Gasteiger partial charge in [0.2, 0.25) is 0 Å². The van der Waals surface area contributed by atoms with E-state index in [2.05, 4.69) is 42.5 Å². The monoisotopic (exact) mass is 224 g/mol. The number of benzene rings is 1. The largest absolute Gasteiger partial charge is 0.392 e. The molecule has 0 aromatic heterocycles. The Kier molecular flexibility index (Phi) is 1.89. The number of aliphatic hydroxyl groups excluding tert-OH is 1. The summed E-state index contributed by atoms with van der Waals surface area (Å²) in [6.45, 7) is 0.239. The predicted molar refractivity (Wildman–Crippen MR) is 68.2 cm³/mol. The van der Waals surface area contributed by atoms with Gasteiger partial charge in [-0.2, -0.15) is 0 Å². The third-order valence-corrected chi connectivity index (χ3v) is 4.80. The van der Waals surface area contributed by atoms with Gasteiger partial charge in [0, 0.05) is 0 Å². The van der Waals surface area contributed by atoms with Crippen LogP contribution in [0.15, 0.2) is 48.1 Å². The fourth-order valence-electron chi connectivity index (χ4n) is 4.17. The molecule has 1 nitrogen and oxygen atoms in total. The van der Waals surface area contributed by atoms with Crippen LogP contribution in [0.2, 0.25) is 0 Å². The number of aliphatic hydroxyl groups is 1. The van der Waals surface area contributed by atoms with Gasteiger partial charge in [0.15, 0.2) is 0 Å². The van der Waals surface area contributed by atoms with Crippen molar-refractivity contribution in [1.82, 2.24) is 0 Å². The summed E-state index contributed by atoms with van der Waals surface area (Å²) in [5, 5.41) is 9.61. The second-order valence-corrected chi connectivity index (χ2v) is 5.46. The summed E-state index contributed by atoms with van der Waals surface area (Å²) in [4.78, 5) is 0. The average molecular weight is 224 g/mol. The van der Waals surface area contributed by atoms with Crippen LogP contribution in [0.25, 0.3) is 5.57 Å². The third kappa shape index (κ3) is 1.13. The first-order valence-corrected chi connectivity index (χ1v) is 6.47. The van der Waals surface area contributed by atoms with Gasteiger partial charge < -0.3 is 5.11 Å². The van der Waals surface area contributed by atoms with Crippen molar-refractivity contribution in [3.05, 3.63) is 53.6 Å². The van der Waals surface area contributed by atoms with Crippen molar-refractivity contribution >= 4 is 5.57 Å². The molecule has 0 amide bonds. The first kappa shape index (κ1) is 9.67. The van der Waals surface area contributed by atoms with Crippen molar-refractivity contribution in [2.45, 2.75) is 6.42 Å². The number of hydrogen-bond donors (Lipinski definition) is 1. The minimum Gasteiger partial charge on any atom is -0.392 e. The van der Waals surface area contributed by atoms with Gasteiger partial charge in [0.05, 0.1) is 6.61 Å². The Hall–Kier alpha value is -1.34. The normalized spacial score (nSPS) is 37.2. The lowest BCUT2D eigenvalue weighted by atomic mass is 9.61. The van der Waals surface area contributed by atoms with E-state index in [-0.39, 0.29) is 6.61 Å². The van der Waals surface area contributed by atoms with Gasteiger partial charge in [-0.1, -0.05) is 42.5 Å². The van der Waals surface area contributed by atoms with Crippen LogP contribution in [0.4, 0.5) is 0 Å². The maximum atomic E-state index is 9.61. The molecule has 0 aliphatic heterocycles. The van der Waals surface area contributed by atoms with Crippen LogP contribution in [0.5, 0.6) is 0 Å². The molecule has 0 radical (unpaired) electrons. The summed E-state index contributed by atoms with van der Waals surface area (Å²) in [6.07, 6.45) is 6.06. The molecule has 17 heavy (non-hydrogen) atoms. The number of rotatable bonds is 2. The highest BCUT2D eigenvalue weighted by Crippen LogP contribution is 2.63. The van der Waals surface area contributed by atoms with Crippen molar-refractivity contribution in [2.75, 3.05) is 6.61 Å². The van der Waals surface area contributed by atoms with Crippen LogP contribution >= 0.6 is 0 Å². The quantitative estimate of drug-likeness (QED) is 0.766. The van der Waals surface area contributed by atoms with Crippen LogP contribution in [0.3, 0.4) is 0 Å². The topological polar surface area (TPSA) is 20.2 Å². The SMILES string of the molecule is OCC1=C(c2ccccc2)[C@@H]2[C@H]1[C@H]1C=C[C@@H]2C1. The van der Waals surface area contributed by atoms with E-state index in [1.54, 1.807) is 0 Å². The van der Waals surface area contributed by atoms with Crippen molar-refractivity contribution in [3.63, 3.8) is 0 Å². The fourth-order valence-corrected chi connectivity index (χ4v) is 4.17. The van der Waals surface area contributed by atoms with E-state index in [4.69, 9.17) is 0 Å². The molecule has 4 rings (SSSR count). The number of allylic oxidation sites excluding steroid dienone is 3. The number of hydrogen-bond acceptors (Lipinski definition) is 1. The van der Waals surface area contributed by atoms with E-state index in [9.17, 15) is 5.11 Å². The summed E-state index contributed by atoms with van der Waals surface area (Å²) in [5.41, 5.74) is 4.06. The minimum atomic E-state index is 0.239. The highest BCUT2D eigenvalue weighted by molar-refractivity contribution is 5.79. The Morgan fingerprint density at radius 2 is 1.71 bits per heavy atom. The van der Waals surface area contributed by atoms with Gasteiger partial charge in [0.25, 0.3) is 0 Å². The van der Waals surface area contributed by atoms with Crippen LogP contribution in [0.1, 0.15) is 12.0 Å². The first-order chi connectivity index (χ1) is 8.40. The van der Waals surface area contributed by atoms with Gasteiger partial charge in [-0.25, -0.2) is 0 Å². The molecule has 3 aliphatic rings. The fraction of sp³-hybridized carbons (Fsp3) is 0.375. The lowest BCUT2D eigenvalue weighted by molar-refractivity contribution is 0.273. The minimum absolute atomic E-state index is 0.239. The lowest BCUT2D eigenvalue weighted by Gasteiger charge is -2.43. The maximum Gasteiger partial charge on any atom is 0.0650 e.